The lowest BCUT2D eigenvalue weighted by Gasteiger charge is -2.27. The molecule has 7 rings (SSSR count). The van der Waals surface area contributed by atoms with Gasteiger partial charge in [-0.2, -0.15) is 4.98 Å². The highest BCUT2D eigenvalue weighted by Gasteiger charge is 2.46. The number of nitrogens with two attached hydrogens (primary N) is 1. The van der Waals surface area contributed by atoms with Crippen molar-refractivity contribution in [2.75, 3.05) is 13.2 Å². The van der Waals surface area contributed by atoms with Gasteiger partial charge >= 0.3 is 0 Å². The van der Waals surface area contributed by atoms with E-state index in [1.54, 1.807) is 0 Å². The molecular formula is C28H32N6O2. The van der Waals surface area contributed by atoms with E-state index in [1.807, 2.05) is 43.1 Å². The van der Waals surface area contributed by atoms with Gasteiger partial charge < -0.3 is 24.5 Å². The van der Waals surface area contributed by atoms with Crippen molar-refractivity contribution < 1.29 is 9.53 Å². The van der Waals surface area contributed by atoms with Gasteiger partial charge in [0.05, 0.1) is 23.3 Å². The second-order valence-corrected chi connectivity index (χ2v) is 10.7. The Labute approximate surface area is 210 Å². The van der Waals surface area contributed by atoms with E-state index in [0.29, 0.717) is 29.9 Å². The van der Waals surface area contributed by atoms with Crippen LogP contribution < -0.4 is 10.5 Å². The number of carbonyl (C=O) groups is 1. The van der Waals surface area contributed by atoms with Crippen LogP contribution in [-0.2, 0) is 13.6 Å². The van der Waals surface area contributed by atoms with Crippen molar-refractivity contribution in [2.24, 2.45) is 24.6 Å². The summed E-state index contributed by atoms with van der Waals surface area (Å²) in [6.45, 7) is 4.26. The summed E-state index contributed by atoms with van der Waals surface area (Å²) in [5.74, 6) is 2.72. The Morgan fingerprint density at radius 2 is 1.97 bits per heavy atom. The van der Waals surface area contributed by atoms with Crippen LogP contribution in [0.15, 0.2) is 36.4 Å². The van der Waals surface area contributed by atoms with E-state index in [9.17, 15) is 4.79 Å². The Bertz CT molecular complexity index is 1500. The molecule has 0 spiro atoms. The first-order chi connectivity index (χ1) is 17.5. The lowest BCUT2D eigenvalue weighted by Crippen LogP contribution is -2.41. The number of carbonyl (C=O) groups excluding carboxylic acids is 1. The Hall–Kier alpha value is -3.39. The van der Waals surface area contributed by atoms with Crippen LogP contribution in [0, 0.1) is 11.8 Å². The van der Waals surface area contributed by atoms with E-state index in [0.717, 1.165) is 59.5 Å². The molecule has 186 valence electrons. The molecule has 0 radical (unpaired) electrons. The number of piperidine rings is 1. The van der Waals surface area contributed by atoms with E-state index in [1.165, 1.54) is 12.8 Å². The number of hydrogen-bond acceptors (Lipinski definition) is 5. The van der Waals surface area contributed by atoms with Gasteiger partial charge in [0, 0.05) is 49.2 Å². The molecule has 3 fully saturated rings. The fourth-order valence-corrected chi connectivity index (χ4v) is 6.28. The molecule has 4 heterocycles. The first-order valence-electron chi connectivity index (χ1n) is 13.2. The minimum Gasteiger partial charge on any atom is -0.478 e. The lowest BCUT2D eigenvalue weighted by molar-refractivity contribution is 0.0701. The minimum atomic E-state index is 0.0715. The van der Waals surface area contributed by atoms with E-state index in [2.05, 4.69) is 21.3 Å². The molecule has 3 aliphatic rings. The second-order valence-electron chi connectivity index (χ2n) is 10.7. The third-order valence-corrected chi connectivity index (χ3v) is 8.42. The topological polar surface area (TPSA) is 91.2 Å². The molecule has 1 aromatic carbocycles. The molecule has 3 aromatic heterocycles. The number of rotatable bonds is 6. The van der Waals surface area contributed by atoms with E-state index >= 15 is 0 Å². The fraction of sp³-hybridized carbons (Fsp3) is 0.464. The van der Waals surface area contributed by atoms with Crippen molar-refractivity contribution in [3.63, 3.8) is 0 Å². The molecule has 1 saturated heterocycles. The molecule has 2 bridgehead atoms. The molecule has 36 heavy (non-hydrogen) atoms. The van der Waals surface area contributed by atoms with Crippen LogP contribution in [-0.4, -0.2) is 55.1 Å². The highest BCUT2D eigenvalue weighted by Crippen LogP contribution is 2.38. The van der Waals surface area contributed by atoms with Crippen LogP contribution in [0.4, 0.5) is 0 Å². The number of amides is 1. The van der Waals surface area contributed by atoms with Gasteiger partial charge in [0.25, 0.3) is 5.91 Å². The fourth-order valence-electron chi connectivity index (χ4n) is 6.28. The van der Waals surface area contributed by atoms with Crippen molar-refractivity contribution in [2.45, 2.75) is 51.2 Å². The summed E-state index contributed by atoms with van der Waals surface area (Å²) in [5, 5.41) is 1.08. The molecule has 1 aliphatic heterocycles. The highest BCUT2D eigenvalue weighted by molar-refractivity contribution is 5.98. The molecule has 3 atom stereocenters. The van der Waals surface area contributed by atoms with Crippen LogP contribution in [0.25, 0.3) is 33.6 Å². The van der Waals surface area contributed by atoms with E-state index in [-0.39, 0.29) is 18.0 Å². The number of benzene rings is 1. The molecule has 1 amide bonds. The summed E-state index contributed by atoms with van der Waals surface area (Å²) < 4.78 is 10.1. The Balaban J connectivity index is 1.29. The molecule has 8 nitrogen and oxygen atoms in total. The number of imidazole rings is 1. The van der Waals surface area contributed by atoms with Crippen LogP contribution in [0.2, 0.25) is 0 Å². The zero-order valence-electron chi connectivity index (χ0n) is 20.9. The minimum absolute atomic E-state index is 0.0715. The van der Waals surface area contributed by atoms with Gasteiger partial charge in [0.15, 0.2) is 5.82 Å². The molecule has 0 unspecified atom stereocenters. The Morgan fingerprint density at radius 3 is 2.69 bits per heavy atom. The average molecular weight is 485 g/mol. The van der Waals surface area contributed by atoms with Crippen molar-refractivity contribution >= 4 is 28.0 Å². The quantitative estimate of drug-likeness (QED) is 0.447. The average Bonchev–Trinajstić information content (AvgIpc) is 3.30. The van der Waals surface area contributed by atoms with Gasteiger partial charge in [-0.1, -0.05) is 0 Å². The molecule has 8 heteroatoms. The monoisotopic (exact) mass is 484 g/mol. The number of fused-ring (bicyclic) bond motifs is 4. The second kappa shape index (κ2) is 8.06. The Morgan fingerprint density at radius 1 is 1.11 bits per heavy atom. The van der Waals surface area contributed by atoms with Gasteiger partial charge in [0.2, 0.25) is 5.88 Å². The normalized spacial score (nSPS) is 23.3. The summed E-state index contributed by atoms with van der Waals surface area (Å²) in [7, 11) is 2.04. The first kappa shape index (κ1) is 21.9. The third-order valence-electron chi connectivity index (χ3n) is 8.42. The van der Waals surface area contributed by atoms with Crippen molar-refractivity contribution in [3.8, 4) is 17.4 Å². The predicted molar refractivity (Wildman–Crippen MR) is 139 cm³/mol. The first-order valence-corrected chi connectivity index (χ1v) is 13.2. The number of pyridine rings is 1. The predicted octanol–water partition coefficient (Wildman–Crippen LogP) is 3.96. The smallest absolute Gasteiger partial charge is 0.254 e. The van der Waals surface area contributed by atoms with Crippen LogP contribution in [0.3, 0.4) is 0 Å². The van der Waals surface area contributed by atoms with Gasteiger partial charge in [-0.15, -0.1) is 0 Å². The summed E-state index contributed by atoms with van der Waals surface area (Å²) >= 11 is 0. The summed E-state index contributed by atoms with van der Waals surface area (Å²) in [6, 6.07) is 12.4. The maximum Gasteiger partial charge on any atom is 0.254 e. The van der Waals surface area contributed by atoms with Crippen LogP contribution in [0.5, 0.6) is 5.88 Å². The maximum absolute atomic E-state index is 13.4. The van der Waals surface area contributed by atoms with Crippen molar-refractivity contribution in [1.29, 1.82) is 0 Å². The van der Waals surface area contributed by atoms with Gasteiger partial charge in [-0.3, -0.25) is 4.79 Å². The van der Waals surface area contributed by atoms with E-state index < -0.39 is 0 Å². The standard InChI is InChI=1S/C28H32N6O2/c1-3-36-24-11-8-17-13-23(33(26(17)31-24)14-16-4-5-16)27-30-20-12-18(6-9-21(20)32(27)2)28(35)34-15-19-7-10-22(34)25(19)29/h6,8-9,11-13,16,19,22,25H,3-5,7,10,14-15,29H2,1-2H3/t19-,22-,25-/m1/s1. The number of nitrogens with zero attached hydrogens (tertiary/aromatic N) is 5. The SMILES string of the molecule is CCOc1ccc2cc(-c3nc4cc(C(=O)N5C[C@H]6CC[C@@H]5[C@@H]6N)ccc4n3C)n(CC3CC3)c2n1. The summed E-state index contributed by atoms with van der Waals surface area (Å²) in [4.78, 5) is 25.2. The zero-order chi connectivity index (χ0) is 24.6. The molecule has 2 N–H and O–H groups in total. The number of likely N-dealkylation sites (tertiary alicyclic amines) is 1. The Kier molecular flexibility index (Phi) is 4.90. The summed E-state index contributed by atoms with van der Waals surface area (Å²) in [5.41, 5.74) is 10.9. The van der Waals surface area contributed by atoms with Crippen molar-refractivity contribution in [3.05, 3.63) is 42.0 Å². The van der Waals surface area contributed by atoms with Gasteiger partial charge in [-0.05, 0) is 74.8 Å². The largest absolute Gasteiger partial charge is 0.478 e. The number of hydrogen-bond donors (Lipinski definition) is 1. The lowest BCUT2D eigenvalue weighted by atomic mass is 10.1. The zero-order valence-corrected chi connectivity index (χ0v) is 20.9. The maximum atomic E-state index is 13.4. The molecule has 2 saturated carbocycles. The van der Waals surface area contributed by atoms with E-state index in [4.69, 9.17) is 20.4 Å². The number of aromatic nitrogens is 4. The van der Waals surface area contributed by atoms with Crippen LogP contribution >= 0.6 is 0 Å². The molecule has 4 aromatic rings. The van der Waals surface area contributed by atoms with Gasteiger partial charge in [-0.25, -0.2) is 4.98 Å². The molecule has 2 aliphatic carbocycles. The van der Waals surface area contributed by atoms with Gasteiger partial charge in [0.1, 0.15) is 5.65 Å². The number of aryl methyl sites for hydroxylation is 1. The number of ether oxygens (including phenoxy) is 1. The van der Waals surface area contributed by atoms with Crippen LogP contribution in [0.1, 0.15) is 43.0 Å². The molecular weight excluding hydrogens is 452 g/mol. The highest BCUT2D eigenvalue weighted by atomic mass is 16.5. The third kappa shape index (κ3) is 3.34. The summed E-state index contributed by atoms with van der Waals surface area (Å²) in [6.07, 6.45) is 4.65. The van der Waals surface area contributed by atoms with Crippen molar-refractivity contribution in [1.82, 2.24) is 24.0 Å².